The topological polar surface area (TPSA) is 59.0 Å². The van der Waals surface area contributed by atoms with Crippen LogP contribution in [0.2, 0.25) is 0 Å². The highest BCUT2D eigenvalue weighted by molar-refractivity contribution is 7.15. The first kappa shape index (κ1) is 24.5. The fourth-order valence-electron chi connectivity index (χ4n) is 5.45. The number of methoxy groups -OCH3 is 2. The molecule has 1 atom stereocenters. The van der Waals surface area contributed by atoms with Crippen LogP contribution in [0, 0.1) is 5.82 Å². The van der Waals surface area contributed by atoms with Crippen LogP contribution in [-0.4, -0.2) is 48.2 Å². The molecule has 2 aromatic carbocycles. The Bertz CT molecular complexity index is 1500. The van der Waals surface area contributed by atoms with Gasteiger partial charge in [0.25, 0.3) is 0 Å². The molecule has 4 aromatic rings. The van der Waals surface area contributed by atoms with E-state index in [1.807, 2.05) is 17.0 Å². The van der Waals surface area contributed by atoms with Gasteiger partial charge in [-0.15, -0.1) is 11.3 Å². The monoisotopic (exact) mass is 532 g/mol. The number of aromatic nitrogens is 1. The van der Waals surface area contributed by atoms with Crippen LogP contribution in [0.5, 0.6) is 11.5 Å². The standard InChI is InChI=1S/C29H29FN4O3S/c1-32-14-12-21-22-16-34(29(35)31-23-15-20(36-2)10-11-25(23)37-3)27(18-6-8-19(30)9-7-18)24-5-4-13-33(24)28(22)38-26(21)17-32/h4-11,13,15,27H,12,14,16-17H2,1-3H3,(H,31,35). The first-order valence-electron chi connectivity index (χ1n) is 12.5. The Morgan fingerprint density at radius 1 is 1.05 bits per heavy atom. The van der Waals surface area contributed by atoms with Gasteiger partial charge in [-0.3, -0.25) is 0 Å². The highest BCUT2D eigenvalue weighted by Gasteiger charge is 2.36. The second-order valence-corrected chi connectivity index (χ2v) is 10.7. The molecule has 0 radical (unpaired) electrons. The lowest BCUT2D eigenvalue weighted by Gasteiger charge is -2.32. The van der Waals surface area contributed by atoms with Crippen molar-refractivity contribution in [3.8, 4) is 16.5 Å². The molecule has 196 valence electrons. The smallest absolute Gasteiger partial charge is 0.323 e. The number of hydrogen-bond acceptors (Lipinski definition) is 5. The summed E-state index contributed by atoms with van der Waals surface area (Å²) in [5, 5.41) is 4.22. The van der Waals surface area contributed by atoms with Gasteiger partial charge in [-0.25, -0.2) is 9.18 Å². The van der Waals surface area contributed by atoms with Crippen LogP contribution < -0.4 is 14.8 Å². The molecule has 1 unspecified atom stereocenters. The van der Waals surface area contributed by atoms with Crippen LogP contribution in [0.15, 0.2) is 60.8 Å². The van der Waals surface area contributed by atoms with Crippen LogP contribution in [-0.2, 0) is 19.5 Å². The van der Waals surface area contributed by atoms with E-state index in [1.165, 1.54) is 28.1 Å². The maximum atomic E-state index is 14.2. The number of hydrogen-bond donors (Lipinski definition) is 1. The molecule has 0 saturated heterocycles. The molecule has 0 bridgehead atoms. The van der Waals surface area contributed by atoms with E-state index < -0.39 is 6.04 Å². The zero-order valence-electron chi connectivity index (χ0n) is 21.5. The highest BCUT2D eigenvalue weighted by Crippen LogP contribution is 2.44. The number of ether oxygens (including phenoxy) is 2. The van der Waals surface area contributed by atoms with E-state index in [0.717, 1.165) is 35.8 Å². The van der Waals surface area contributed by atoms with E-state index in [9.17, 15) is 9.18 Å². The van der Waals surface area contributed by atoms with Crippen molar-refractivity contribution in [1.82, 2.24) is 14.4 Å². The van der Waals surface area contributed by atoms with Gasteiger partial charge in [0, 0.05) is 35.8 Å². The third-order valence-electron chi connectivity index (χ3n) is 7.35. The van der Waals surface area contributed by atoms with Crippen molar-refractivity contribution in [1.29, 1.82) is 0 Å². The quantitative estimate of drug-likeness (QED) is 0.360. The summed E-state index contributed by atoms with van der Waals surface area (Å²) >= 11 is 1.80. The molecule has 4 heterocycles. The summed E-state index contributed by atoms with van der Waals surface area (Å²) in [5.74, 6) is 0.832. The fraction of sp³-hybridized carbons (Fsp3) is 0.276. The number of nitrogens with zero attached hydrogens (tertiary/aromatic N) is 3. The molecule has 0 aliphatic carbocycles. The van der Waals surface area contributed by atoms with Crippen molar-refractivity contribution >= 4 is 23.1 Å². The Labute approximate surface area is 225 Å². The van der Waals surface area contributed by atoms with Crippen LogP contribution >= 0.6 is 11.3 Å². The number of nitrogens with one attached hydrogen (secondary N) is 1. The fourth-order valence-corrected chi connectivity index (χ4v) is 6.89. The zero-order valence-corrected chi connectivity index (χ0v) is 22.3. The van der Waals surface area contributed by atoms with Gasteiger partial charge in [0.15, 0.2) is 0 Å². The van der Waals surface area contributed by atoms with Gasteiger partial charge in [0.05, 0.1) is 38.2 Å². The number of fused-ring (bicyclic) bond motifs is 5. The maximum absolute atomic E-state index is 14.2. The van der Waals surface area contributed by atoms with E-state index in [2.05, 4.69) is 28.0 Å². The van der Waals surface area contributed by atoms with Crippen molar-refractivity contribution in [2.75, 3.05) is 33.1 Å². The molecule has 0 saturated carbocycles. The molecular formula is C29H29FN4O3S. The average molecular weight is 533 g/mol. The van der Waals surface area contributed by atoms with Crippen molar-refractivity contribution in [2.45, 2.75) is 25.6 Å². The molecule has 38 heavy (non-hydrogen) atoms. The Hall–Kier alpha value is -3.82. The van der Waals surface area contributed by atoms with Crippen LogP contribution in [0.1, 0.15) is 33.3 Å². The van der Waals surface area contributed by atoms with Crippen molar-refractivity contribution in [3.63, 3.8) is 0 Å². The summed E-state index contributed by atoms with van der Waals surface area (Å²) in [6.07, 6.45) is 3.00. The second-order valence-electron chi connectivity index (χ2n) is 9.66. The van der Waals surface area contributed by atoms with Gasteiger partial charge < -0.3 is 29.2 Å². The summed E-state index contributed by atoms with van der Waals surface area (Å²) in [6, 6.07) is 15.1. The molecule has 6 rings (SSSR count). The molecule has 2 aliphatic heterocycles. The molecular weight excluding hydrogens is 503 g/mol. The van der Waals surface area contributed by atoms with Crippen LogP contribution in [0.4, 0.5) is 14.9 Å². The number of benzene rings is 2. The van der Waals surface area contributed by atoms with Crippen molar-refractivity contribution in [2.24, 2.45) is 0 Å². The first-order chi connectivity index (χ1) is 18.5. The number of carbonyl (C=O) groups excluding carboxylic acids is 1. The van der Waals surface area contributed by atoms with Gasteiger partial charge in [-0.2, -0.15) is 0 Å². The lowest BCUT2D eigenvalue weighted by atomic mass is 10.0. The SMILES string of the molecule is COc1ccc(OC)c(NC(=O)N2Cc3c(sc4c3CCN(C)C4)-n3cccc3C2c2ccc(F)cc2)c1. The molecule has 1 N–H and O–H groups in total. The Balaban J connectivity index is 1.48. The third kappa shape index (κ3) is 4.21. The minimum atomic E-state index is -0.427. The normalized spacial score (nSPS) is 16.7. The van der Waals surface area contributed by atoms with Crippen molar-refractivity contribution in [3.05, 3.63) is 93.9 Å². The number of thiophene rings is 1. The molecule has 0 spiro atoms. The van der Waals surface area contributed by atoms with Gasteiger partial charge in [0.1, 0.15) is 22.3 Å². The highest BCUT2D eigenvalue weighted by atomic mass is 32.1. The summed E-state index contributed by atoms with van der Waals surface area (Å²) in [4.78, 5) is 19.7. The Kier molecular flexibility index (Phi) is 6.33. The Morgan fingerprint density at radius 2 is 1.87 bits per heavy atom. The van der Waals surface area contributed by atoms with E-state index in [1.54, 1.807) is 55.9 Å². The number of likely N-dealkylation sites (N-methyl/N-ethyl adjacent to an activating group) is 1. The van der Waals surface area contributed by atoms with Gasteiger partial charge in [-0.05, 0) is 61.0 Å². The Morgan fingerprint density at radius 3 is 2.63 bits per heavy atom. The van der Waals surface area contributed by atoms with E-state index in [0.29, 0.717) is 23.7 Å². The molecule has 2 amide bonds. The number of carbonyl (C=O) groups is 1. The molecule has 2 aromatic heterocycles. The van der Waals surface area contributed by atoms with Gasteiger partial charge >= 0.3 is 6.03 Å². The third-order valence-corrected chi connectivity index (χ3v) is 8.61. The zero-order chi connectivity index (χ0) is 26.4. The number of amides is 2. The lowest BCUT2D eigenvalue weighted by molar-refractivity contribution is 0.194. The van der Waals surface area contributed by atoms with Gasteiger partial charge in [-0.1, -0.05) is 12.1 Å². The predicted octanol–water partition coefficient (Wildman–Crippen LogP) is 5.82. The van der Waals surface area contributed by atoms with Crippen molar-refractivity contribution < 1.29 is 18.7 Å². The largest absolute Gasteiger partial charge is 0.497 e. The summed E-state index contributed by atoms with van der Waals surface area (Å²) in [7, 11) is 5.29. The predicted molar refractivity (Wildman–Crippen MR) is 146 cm³/mol. The summed E-state index contributed by atoms with van der Waals surface area (Å²) in [5.41, 5.74) is 4.81. The van der Waals surface area contributed by atoms with Crippen LogP contribution in [0.3, 0.4) is 0 Å². The van der Waals surface area contributed by atoms with E-state index >= 15 is 0 Å². The summed E-state index contributed by atoms with van der Waals surface area (Å²) < 4.78 is 27.0. The minimum Gasteiger partial charge on any atom is -0.497 e. The second kappa shape index (κ2) is 9.81. The number of urea groups is 1. The molecule has 2 aliphatic rings. The average Bonchev–Trinajstić information content (AvgIpc) is 3.50. The molecule has 7 nitrogen and oxygen atoms in total. The van der Waals surface area contributed by atoms with Crippen LogP contribution in [0.25, 0.3) is 5.00 Å². The minimum absolute atomic E-state index is 0.278. The van der Waals surface area contributed by atoms with E-state index in [4.69, 9.17) is 9.47 Å². The first-order valence-corrected chi connectivity index (χ1v) is 13.3. The lowest BCUT2D eigenvalue weighted by Crippen LogP contribution is -2.38. The summed E-state index contributed by atoms with van der Waals surface area (Å²) in [6.45, 7) is 2.30. The molecule has 9 heteroatoms. The number of halogens is 1. The molecule has 0 fully saturated rings. The number of rotatable bonds is 4. The number of anilines is 1. The maximum Gasteiger partial charge on any atom is 0.323 e. The van der Waals surface area contributed by atoms with Gasteiger partial charge in [0.2, 0.25) is 0 Å². The van der Waals surface area contributed by atoms with E-state index in [-0.39, 0.29) is 11.8 Å².